The van der Waals surface area contributed by atoms with Crippen LogP contribution in [0.5, 0.6) is 11.5 Å². The highest BCUT2D eigenvalue weighted by Gasteiger charge is 2.16. The number of methoxy groups -OCH3 is 1. The standard InChI is InChI=1S/C15H23NO3/c1-11(16-9-12-4-3-7-19-10-12)14-6-5-13(18-2)8-15(14)17/h5-6,8,11-12,16-17H,3-4,7,9-10H2,1-2H3. The molecule has 2 N–H and O–H groups in total. The topological polar surface area (TPSA) is 50.7 Å². The van der Waals surface area contributed by atoms with Gasteiger partial charge in [0.2, 0.25) is 0 Å². The van der Waals surface area contributed by atoms with Gasteiger partial charge >= 0.3 is 0 Å². The molecule has 1 saturated heterocycles. The monoisotopic (exact) mass is 265 g/mol. The Balaban J connectivity index is 1.89. The Kier molecular flexibility index (Phi) is 5.05. The number of ether oxygens (including phenoxy) is 2. The fourth-order valence-electron chi connectivity index (χ4n) is 2.44. The fraction of sp³-hybridized carbons (Fsp3) is 0.600. The van der Waals surface area contributed by atoms with Gasteiger partial charge in [-0.3, -0.25) is 0 Å². The van der Waals surface area contributed by atoms with Crippen LogP contribution in [0.15, 0.2) is 18.2 Å². The van der Waals surface area contributed by atoms with Gasteiger partial charge in [0, 0.05) is 30.8 Å². The van der Waals surface area contributed by atoms with Gasteiger partial charge in [0.05, 0.1) is 13.7 Å². The van der Waals surface area contributed by atoms with E-state index in [4.69, 9.17) is 9.47 Å². The zero-order valence-corrected chi connectivity index (χ0v) is 11.7. The van der Waals surface area contributed by atoms with Crippen LogP contribution in [-0.4, -0.2) is 32.0 Å². The molecule has 2 atom stereocenters. The molecule has 0 spiro atoms. The van der Waals surface area contributed by atoms with Crippen molar-refractivity contribution >= 4 is 0 Å². The van der Waals surface area contributed by atoms with Crippen LogP contribution in [0.1, 0.15) is 31.4 Å². The van der Waals surface area contributed by atoms with Crippen molar-refractivity contribution in [3.05, 3.63) is 23.8 Å². The molecule has 4 nitrogen and oxygen atoms in total. The normalized spacial score (nSPS) is 21.1. The molecule has 1 aromatic carbocycles. The lowest BCUT2D eigenvalue weighted by molar-refractivity contribution is 0.0540. The average Bonchev–Trinajstić information content (AvgIpc) is 2.45. The summed E-state index contributed by atoms with van der Waals surface area (Å²) in [6.45, 7) is 4.72. The number of benzene rings is 1. The molecule has 0 bridgehead atoms. The lowest BCUT2D eigenvalue weighted by Gasteiger charge is -2.24. The minimum absolute atomic E-state index is 0.118. The second-order valence-electron chi connectivity index (χ2n) is 5.14. The number of nitrogens with one attached hydrogen (secondary N) is 1. The van der Waals surface area contributed by atoms with Crippen LogP contribution in [0.3, 0.4) is 0 Å². The van der Waals surface area contributed by atoms with Crippen molar-refractivity contribution in [1.82, 2.24) is 5.32 Å². The van der Waals surface area contributed by atoms with Gasteiger partial charge in [0.1, 0.15) is 11.5 Å². The molecule has 1 aliphatic heterocycles. The van der Waals surface area contributed by atoms with Gasteiger partial charge in [-0.05, 0) is 31.7 Å². The summed E-state index contributed by atoms with van der Waals surface area (Å²) in [6.07, 6.45) is 2.36. The third kappa shape index (κ3) is 3.85. The van der Waals surface area contributed by atoms with Crippen LogP contribution < -0.4 is 10.1 Å². The molecule has 106 valence electrons. The number of hydrogen-bond acceptors (Lipinski definition) is 4. The number of aromatic hydroxyl groups is 1. The minimum Gasteiger partial charge on any atom is -0.507 e. The van der Waals surface area contributed by atoms with E-state index in [1.807, 2.05) is 12.1 Å². The summed E-state index contributed by atoms with van der Waals surface area (Å²) in [5.74, 6) is 1.53. The number of phenols is 1. The number of hydrogen-bond donors (Lipinski definition) is 2. The molecular weight excluding hydrogens is 242 g/mol. The first-order valence-electron chi connectivity index (χ1n) is 6.88. The molecule has 2 rings (SSSR count). The molecule has 1 fully saturated rings. The molecule has 19 heavy (non-hydrogen) atoms. The predicted octanol–water partition coefficient (Wildman–Crippen LogP) is 2.48. The smallest absolute Gasteiger partial charge is 0.124 e. The highest BCUT2D eigenvalue weighted by molar-refractivity contribution is 5.41. The molecule has 0 saturated carbocycles. The molecule has 1 aromatic rings. The molecule has 0 aliphatic carbocycles. The summed E-state index contributed by atoms with van der Waals surface area (Å²) in [5, 5.41) is 13.5. The van der Waals surface area contributed by atoms with Crippen molar-refractivity contribution in [1.29, 1.82) is 0 Å². The van der Waals surface area contributed by atoms with E-state index >= 15 is 0 Å². The Morgan fingerprint density at radius 2 is 2.37 bits per heavy atom. The molecule has 0 amide bonds. The van der Waals surface area contributed by atoms with Crippen molar-refractivity contribution in [2.24, 2.45) is 5.92 Å². The third-order valence-electron chi connectivity index (χ3n) is 3.67. The Morgan fingerprint density at radius 1 is 1.53 bits per heavy atom. The van der Waals surface area contributed by atoms with E-state index in [2.05, 4.69) is 12.2 Å². The van der Waals surface area contributed by atoms with E-state index < -0.39 is 0 Å². The molecule has 1 heterocycles. The van der Waals surface area contributed by atoms with Crippen molar-refractivity contribution in [2.75, 3.05) is 26.9 Å². The number of phenolic OH excluding ortho intramolecular Hbond substituents is 1. The van der Waals surface area contributed by atoms with Crippen molar-refractivity contribution < 1.29 is 14.6 Å². The Morgan fingerprint density at radius 3 is 3.00 bits per heavy atom. The molecule has 4 heteroatoms. The highest BCUT2D eigenvalue weighted by atomic mass is 16.5. The zero-order chi connectivity index (χ0) is 13.7. The van der Waals surface area contributed by atoms with Gasteiger partial charge in [0.25, 0.3) is 0 Å². The third-order valence-corrected chi connectivity index (χ3v) is 3.67. The molecule has 0 aromatic heterocycles. The van der Waals surface area contributed by atoms with Gasteiger partial charge < -0.3 is 19.9 Å². The van der Waals surface area contributed by atoms with E-state index in [1.54, 1.807) is 13.2 Å². The van der Waals surface area contributed by atoms with E-state index in [0.29, 0.717) is 11.7 Å². The molecule has 0 radical (unpaired) electrons. The van der Waals surface area contributed by atoms with Gasteiger partial charge in [0.15, 0.2) is 0 Å². The van der Waals surface area contributed by atoms with Gasteiger partial charge in [-0.2, -0.15) is 0 Å². The van der Waals surface area contributed by atoms with Crippen LogP contribution in [0.4, 0.5) is 0 Å². The molecule has 1 aliphatic rings. The lowest BCUT2D eigenvalue weighted by Crippen LogP contribution is -2.30. The summed E-state index contributed by atoms with van der Waals surface area (Å²) in [7, 11) is 1.60. The molecule has 2 unspecified atom stereocenters. The fourth-order valence-corrected chi connectivity index (χ4v) is 2.44. The largest absolute Gasteiger partial charge is 0.507 e. The van der Waals surface area contributed by atoms with E-state index in [1.165, 1.54) is 6.42 Å². The first kappa shape index (κ1) is 14.2. The van der Waals surface area contributed by atoms with Crippen LogP contribution in [0, 0.1) is 5.92 Å². The molecular formula is C15H23NO3. The van der Waals surface area contributed by atoms with Crippen LogP contribution in [0.25, 0.3) is 0 Å². The summed E-state index contributed by atoms with van der Waals surface area (Å²) in [5.41, 5.74) is 0.900. The van der Waals surface area contributed by atoms with Crippen molar-refractivity contribution in [3.8, 4) is 11.5 Å². The van der Waals surface area contributed by atoms with E-state index in [0.717, 1.165) is 31.7 Å². The van der Waals surface area contributed by atoms with Crippen LogP contribution in [0.2, 0.25) is 0 Å². The Hall–Kier alpha value is -1.26. The van der Waals surface area contributed by atoms with Crippen molar-refractivity contribution in [3.63, 3.8) is 0 Å². The maximum Gasteiger partial charge on any atom is 0.124 e. The first-order valence-corrected chi connectivity index (χ1v) is 6.88. The summed E-state index contributed by atoms with van der Waals surface area (Å²) < 4.78 is 10.6. The van der Waals surface area contributed by atoms with Crippen LogP contribution in [-0.2, 0) is 4.74 Å². The van der Waals surface area contributed by atoms with Crippen LogP contribution >= 0.6 is 0 Å². The summed E-state index contributed by atoms with van der Waals surface area (Å²) >= 11 is 0. The second-order valence-corrected chi connectivity index (χ2v) is 5.14. The maximum atomic E-state index is 9.99. The van der Waals surface area contributed by atoms with Gasteiger partial charge in [-0.1, -0.05) is 6.07 Å². The average molecular weight is 265 g/mol. The highest BCUT2D eigenvalue weighted by Crippen LogP contribution is 2.28. The minimum atomic E-state index is 0.118. The zero-order valence-electron chi connectivity index (χ0n) is 11.7. The lowest BCUT2D eigenvalue weighted by atomic mass is 10.0. The quantitative estimate of drug-likeness (QED) is 0.858. The predicted molar refractivity (Wildman–Crippen MR) is 74.6 cm³/mol. The van der Waals surface area contributed by atoms with Gasteiger partial charge in [-0.25, -0.2) is 0 Å². The summed E-state index contributed by atoms with van der Waals surface area (Å²) in [6, 6.07) is 5.55. The van der Waals surface area contributed by atoms with E-state index in [9.17, 15) is 5.11 Å². The maximum absolute atomic E-state index is 9.99. The first-order chi connectivity index (χ1) is 9.20. The SMILES string of the molecule is COc1ccc(C(C)NCC2CCCOC2)c(O)c1. The van der Waals surface area contributed by atoms with E-state index in [-0.39, 0.29) is 11.8 Å². The van der Waals surface area contributed by atoms with Crippen molar-refractivity contribution in [2.45, 2.75) is 25.8 Å². The number of rotatable bonds is 5. The second kappa shape index (κ2) is 6.78. The Labute approximate surface area is 114 Å². The van der Waals surface area contributed by atoms with Gasteiger partial charge in [-0.15, -0.1) is 0 Å². The summed E-state index contributed by atoms with van der Waals surface area (Å²) in [4.78, 5) is 0. The Bertz CT molecular complexity index is 402.